The lowest BCUT2D eigenvalue weighted by Crippen LogP contribution is -2.41. The third kappa shape index (κ3) is 10.0. The third-order valence-electron chi connectivity index (χ3n) is 6.64. The Labute approximate surface area is 201 Å². The minimum absolute atomic E-state index is 0.00723. The second-order valence-corrected chi connectivity index (χ2v) is 9.06. The predicted octanol–water partition coefficient (Wildman–Crippen LogP) is 7.22. The maximum Gasteiger partial charge on any atom is 0.324 e. The van der Waals surface area contributed by atoms with Gasteiger partial charge in [-0.2, -0.15) is 0 Å². The number of esters is 2. The van der Waals surface area contributed by atoms with Crippen LogP contribution in [0.3, 0.4) is 0 Å². The highest BCUT2D eigenvalue weighted by Gasteiger charge is 2.47. The molecule has 0 bridgehead atoms. The average Bonchev–Trinajstić information content (AvgIpc) is 2.85. The number of methoxy groups -OCH3 is 2. The topological polar surface area (TPSA) is 52.6 Å². The molecule has 1 unspecified atom stereocenters. The van der Waals surface area contributed by atoms with Gasteiger partial charge < -0.3 is 9.47 Å². The summed E-state index contributed by atoms with van der Waals surface area (Å²) in [6.45, 7) is 2.25. The lowest BCUT2D eigenvalue weighted by molar-refractivity contribution is -0.169. The first kappa shape index (κ1) is 28.8. The molecule has 4 nitrogen and oxygen atoms in total. The van der Waals surface area contributed by atoms with Crippen LogP contribution in [-0.2, 0) is 19.1 Å². The molecular formula is C29H44O4. The molecule has 1 rings (SSSR count). The zero-order valence-corrected chi connectivity index (χ0v) is 21.1. The Kier molecular flexibility index (Phi) is 15.0. The predicted molar refractivity (Wildman–Crippen MR) is 135 cm³/mol. The number of unbranched alkanes of at least 4 members (excludes halogenated alkanes) is 8. The van der Waals surface area contributed by atoms with Gasteiger partial charge in [-0.1, -0.05) is 101 Å². The highest BCUT2D eigenvalue weighted by Crippen LogP contribution is 2.34. The van der Waals surface area contributed by atoms with Crippen molar-refractivity contribution in [1.82, 2.24) is 0 Å². The van der Waals surface area contributed by atoms with Gasteiger partial charge in [0.15, 0.2) is 5.41 Å². The van der Waals surface area contributed by atoms with E-state index in [9.17, 15) is 9.59 Å². The van der Waals surface area contributed by atoms with E-state index in [-0.39, 0.29) is 6.42 Å². The summed E-state index contributed by atoms with van der Waals surface area (Å²) in [7, 11) is 2.57. The molecule has 0 aliphatic carbocycles. The fourth-order valence-corrected chi connectivity index (χ4v) is 4.63. The van der Waals surface area contributed by atoms with E-state index in [0.29, 0.717) is 18.8 Å². The molecule has 33 heavy (non-hydrogen) atoms. The Morgan fingerprint density at radius 2 is 1.36 bits per heavy atom. The van der Waals surface area contributed by atoms with E-state index in [1.165, 1.54) is 77.6 Å². The molecule has 0 amide bonds. The van der Waals surface area contributed by atoms with Gasteiger partial charge in [-0.25, -0.2) is 0 Å². The number of ether oxygens (including phenoxy) is 2. The summed E-state index contributed by atoms with van der Waals surface area (Å²) < 4.78 is 9.82. The molecule has 0 saturated heterocycles. The van der Waals surface area contributed by atoms with Crippen LogP contribution < -0.4 is 0 Å². The van der Waals surface area contributed by atoms with Crippen LogP contribution in [0.2, 0.25) is 0 Å². The third-order valence-corrected chi connectivity index (χ3v) is 6.64. The highest BCUT2D eigenvalue weighted by molar-refractivity contribution is 6.00. The highest BCUT2D eigenvalue weighted by atomic mass is 16.5. The summed E-state index contributed by atoms with van der Waals surface area (Å²) in [5, 5.41) is 0. The first-order valence-electron chi connectivity index (χ1n) is 12.7. The van der Waals surface area contributed by atoms with Gasteiger partial charge in [-0.15, -0.1) is 12.3 Å². The quantitative estimate of drug-likeness (QED) is 0.101. The van der Waals surface area contributed by atoms with Gasteiger partial charge in [0.25, 0.3) is 0 Å². The van der Waals surface area contributed by atoms with E-state index in [1.807, 2.05) is 0 Å². The molecule has 0 saturated carbocycles. The van der Waals surface area contributed by atoms with Crippen LogP contribution >= 0.6 is 0 Å². The van der Waals surface area contributed by atoms with E-state index in [2.05, 4.69) is 43.2 Å². The smallest absolute Gasteiger partial charge is 0.324 e. The van der Waals surface area contributed by atoms with Crippen LogP contribution in [0.4, 0.5) is 0 Å². The first-order chi connectivity index (χ1) is 16.1. The van der Waals surface area contributed by atoms with Crippen LogP contribution in [0, 0.1) is 17.8 Å². The maximum atomic E-state index is 12.4. The van der Waals surface area contributed by atoms with Gasteiger partial charge in [-0.3, -0.25) is 9.59 Å². The molecular weight excluding hydrogens is 412 g/mol. The molecule has 4 heteroatoms. The summed E-state index contributed by atoms with van der Waals surface area (Å²) >= 11 is 0. The minimum atomic E-state index is -1.40. The van der Waals surface area contributed by atoms with E-state index in [1.54, 1.807) is 0 Å². The lowest BCUT2D eigenvalue weighted by Gasteiger charge is -2.26. The monoisotopic (exact) mass is 456 g/mol. The Balaban J connectivity index is 2.61. The first-order valence-corrected chi connectivity index (χ1v) is 12.7. The van der Waals surface area contributed by atoms with Gasteiger partial charge >= 0.3 is 11.9 Å². The number of hydrogen-bond acceptors (Lipinski definition) is 4. The lowest BCUT2D eigenvalue weighted by atomic mass is 9.78. The zero-order valence-electron chi connectivity index (χ0n) is 21.1. The standard InChI is InChI=1S/C29H44O4/c1-5-7-8-9-10-11-12-14-19-26(25-20-15-13-16-21-25)22-17-18-24-29(23-6-2,27(30)32-3)28(31)33-4/h2,13,15-16,20-21,26H,5,7-12,14,17-19,22-24H2,1,3-4H3. The van der Waals surface area contributed by atoms with E-state index < -0.39 is 17.4 Å². The molecule has 0 N–H and O–H groups in total. The molecule has 0 aromatic heterocycles. The van der Waals surface area contributed by atoms with Crippen LogP contribution in [0.25, 0.3) is 0 Å². The SMILES string of the molecule is C#CCC(CCCCC(CCCCCCCCCC)c1ccccc1)(C(=O)OC)C(=O)OC. The summed E-state index contributed by atoms with van der Waals surface area (Å²) in [5.74, 6) is 1.75. The van der Waals surface area contributed by atoms with E-state index >= 15 is 0 Å². The Bertz CT molecular complexity index is 688. The second-order valence-electron chi connectivity index (χ2n) is 9.06. The summed E-state index contributed by atoms with van der Waals surface area (Å²) in [6.07, 6.45) is 20.2. The molecule has 1 aromatic rings. The van der Waals surface area contributed by atoms with Crippen molar-refractivity contribution in [3.8, 4) is 12.3 Å². The van der Waals surface area contributed by atoms with Crippen molar-refractivity contribution in [1.29, 1.82) is 0 Å². The van der Waals surface area contributed by atoms with E-state index in [0.717, 1.165) is 12.8 Å². The Hall–Kier alpha value is -2.28. The fraction of sp³-hybridized carbons (Fsp3) is 0.655. The summed E-state index contributed by atoms with van der Waals surface area (Å²) in [6, 6.07) is 10.7. The van der Waals surface area contributed by atoms with Gasteiger partial charge in [0.05, 0.1) is 14.2 Å². The molecule has 0 aliphatic heterocycles. The molecule has 184 valence electrons. The number of carbonyl (C=O) groups excluding carboxylic acids is 2. The Morgan fingerprint density at radius 1 is 0.848 bits per heavy atom. The van der Waals surface area contributed by atoms with Gasteiger partial charge in [0.1, 0.15) is 0 Å². The van der Waals surface area contributed by atoms with Crippen molar-refractivity contribution in [3.63, 3.8) is 0 Å². The summed E-state index contributed by atoms with van der Waals surface area (Å²) in [4.78, 5) is 24.9. The molecule has 0 aliphatic rings. The van der Waals surface area contributed by atoms with Gasteiger partial charge in [-0.05, 0) is 30.7 Å². The Morgan fingerprint density at radius 3 is 1.88 bits per heavy atom. The number of carbonyl (C=O) groups is 2. The number of rotatable bonds is 18. The molecule has 0 fully saturated rings. The molecule has 1 aromatic carbocycles. The number of benzene rings is 1. The van der Waals surface area contributed by atoms with Gasteiger partial charge in [0.2, 0.25) is 0 Å². The second kappa shape index (κ2) is 17.2. The largest absolute Gasteiger partial charge is 0.468 e. The van der Waals surface area contributed by atoms with Gasteiger partial charge in [0, 0.05) is 6.42 Å². The van der Waals surface area contributed by atoms with Crippen LogP contribution in [0.5, 0.6) is 0 Å². The van der Waals surface area contributed by atoms with Crippen LogP contribution in [0.15, 0.2) is 30.3 Å². The number of hydrogen-bond donors (Lipinski definition) is 0. The zero-order chi connectivity index (χ0) is 24.4. The molecule has 0 radical (unpaired) electrons. The van der Waals surface area contributed by atoms with Crippen molar-refractivity contribution in [2.24, 2.45) is 5.41 Å². The average molecular weight is 457 g/mol. The molecule has 0 heterocycles. The van der Waals surface area contributed by atoms with Crippen molar-refractivity contribution in [2.45, 2.75) is 103 Å². The van der Waals surface area contributed by atoms with Crippen LogP contribution in [0.1, 0.15) is 108 Å². The maximum absolute atomic E-state index is 12.4. The van der Waals surface area contributed by atoms with Crippen molar-refractivity contribution in [3.05, 3.63) is 35.9 Å². The van der Waals surface area contributed by atoms with Crippen molar-refractivity contribution >= 4 is 11.9 Å². The van der Waals surface area contributed by atoms with Crippen molar-refractivity contribution < 1.29 is 19.1 Å². The van der Waals surface area contributed by atoms with Crippen molar-refractivity contribution in [2.75, 3.05) is 14.2 Å². The normalized spacial score (nSPS) is 12.1. The van der Waals surface area contributed by atoms with Crippen LogP contribution in [-0.4, -0.2) is 26.2 Å². The molecule has 0 spiro atoms. The summed E-state index contributed by atoms with van der Waals surface area (Å²) in [5.41, 5.74) is -0.0329. The fourth-order valence-electron chi connectivity index (χ4n) is 4.63. The molecule has 1 atom stereocenters. The van der Waals surface area contributed by atoms with E-state index in [4.69, 9.17) is 15.9 Å². The minimum Gasteiger partial charge on any atom is -0.468 e. The number of terminal acetylenes is 1.